The first kappa shape index (κ1) is 21.5. The number of anilines is 1. The molecule has 0 saturated carbocycles. The monoisotopic (exact) mass is 435 g/mol. The summed E-state index contributed by atoms with van der Waals surface area (Å²) in [4.78, 5) is 22.1. The second kappa shape index (κ2) is 8.79. The van der Waals surface area contributed by atoms with Gasteiger partial charge >= 0.3 is 0 Å². The third-order valence-electron chi connectivity index (χ3n) is 5.67. The fourth-order valence-electron chi connectivity index (χ4n) is 3.71. The van der Waals surface area contributed by atoms with Crippen LogP contribution in [0.25, 0.3) is 6.08 Å². The normalized spacial score (nSPS) is 18.5. The predicted octanol–water partition coefficient (Wildman–Crippen LogP) is 4.79. The van der Waals surface area contributed by atoms with Gasteiger partial charge in [-0.2, -0.15) is 4.99 Å². The van der Waals surface area contributed by atoms with Crippen LogP contribution in [-0.2, 0) is 10.2 Å². The number of benzene rings is 2. The number of carbonyl (C=O) groups excluding carboxylic acids is 1. The van der Waals surface area contributed by atoms with Gasteiger partial charge in [0.15, 0.2) is 5.17 Å². The van der Waals surface area contributed by atoms with E-state index in [0.717, 1.165) is 42.7 Å². The molecule has 2 heterocycles. The summed E-state index contributed by atoms with van der Waals surface area (Å²) in [5.41, 5.74) is 3.63. The highest BCUT2D eigenvalue weighted by molar-refractivity contribution is 8.18. The van der Waals surface area contributed by atoms with Gasteiger partial charge in [-0.3, -0.25) is 4.79 Å². The average molecular weight is 436 g/mol. The Morgan fingerprint density at radius 1 is 0.935 bits per heavy atom. The lowest BCUT2D eigenvalue weighted by Gasteiger charge is -2.36. The molecule has 0 unspecified atom stereocenters. The minimum absolute atomic E-state index is 0.119. The number of hydrogen-bond acceptors (Lipinski definition) is 5. The molecule has 2 aliphatic heterocycles. The van der Waals surface area contributed by atoms with Crippen LogP contribution in [0, 0.1) is 0 Å². The van der Waals surface area contributed by atoms with Gasteiger partial charge in [-0.05, 0) is 58.6 Å². The highest BCUT2D eigenvalue weighted by Gasteiger charge is 2.28. The SMILES string of the molecule is COc1ccc(N2CCN(C3=NC(=O)/C(=C/c4ccc(C(C)(C)C)cc4)S3)CC2)cc1. The van der Waals surface area contributed by atoms with Gasteiger partial charge in [-0.1, -0.05) is 45.0 Å². The van der Waals surface area contributed by atoms with E-state index < -0.39 is 0 Å². The molecule has 0 atom stereocenters. The topological polar surface area (TPSA) is 45.1 Å². The number of thioether (sulfide) groups is 1. The van der Waals surface area contributed by atoms with E-state index in [1.807, 2.05) is 18.2 Å². The number of amidine groups is 1. The van der Waals surface area contributed by atoms with Gasteiger partial charge in [0.25, 0.3) is 5.91 Å². The zero-order valence-corrected chi connectivity index (χ0v) is 19.4. The summed E-state index contributed by atoms with van der Waals surface area (Å²) >= 11 is 1.48. The zero-order chi connectivity index (χ0) is 22.0. The largest absolute Gasteiger partial charge is 0.497 e. The minimum Gasteiger partial charge on any atom is -0.497 e. The van der Waals surface area contributed by atoms with Crippen molar-refractivity contribution >= 4 is 34.6 Å². The molecule has 1 amide bonds. The summed E-state index contributed by atoms with van der Waals surface area (Å²) < 4.78 is 5.24. The van der Waals surface area contributed by atoms with E-state index in [4.69, 9.17) is 4.74 Å². The standard InChI is InChI=1S/C25H29N3O2S/c1-25(2,3)19-7-5-18(6-8-19)17-22-23(29)26-24(31-22)28-15-13-27(14-16-28)20-9-11-21(30-4)12-10-20/h5-12,17H,13-16H2,1-4H3/b22-17-. The molecule has 0 aromatic heterocycles. The summed E-state index contributed by atoms with van der Waals surface area (Å²) in [6.45, 7) is 10.1. The Kier molecular flexibility index (Phi) is 6.10. The number of rotatable bonds is 3. The molecule has 2 aliphatic rings. The third-order valence-corrected chi connectivity index (χ3v) is 6.72. The molecule has 0 N–H and O–H groups in total. The van der Waals surface area contributed by atoms with Crippen LogP contribution in [0.15, 0.2) is 58.4 Å². The van der Waals surface area contributed by atoms with E-state index in [9.17, 15) is 4.79 Å². The van der Waals surface area contributed by atoms with Crippen LogP contribution >= 0.6 is 11.8 Å². The third kappa shape index (κ3) is 4.96. The van der Waals surface area contributed by atoms with Gasteiger partial charge in [0.05, 0.1) is 12.0 Å². The van der Waals surface area contributed by atoms with Crippen LogP contribution in [-0.4, -0.2) is 49.3 Å². The summed E-state index contributed by atoms with van der Waals surface area (Å²) in [7, 11) is 1.68. The van der Waals surface area contributed by atoms with E-state index in [0.29, 0.717) is 4.91 Å². The summed E-state index contributed by atoms with van der Waals surface area (Å²) in [5, 5.41) is 0.817. The number of piperazine rings is 1. The molecular weight excluding hydrogens is 406 g/mol. The fourth-order valence-corrected chi connectivity index (χ4v) is 4.68. The number of ether oxygens (including phenoxy) is 1. The Labute approximate surface area is 188 Å². The van der Waals surface area contributed by atoms with Crippen molar-refractivity contribution in [1.82, 2.24) is 4.90 Å². The van der Waals surface area contributed by atoms with Gasteiger partial charge in [0.2, 0.25) is 0 Å². The first-order valence-corrected chi connectivity index (χ1v) is 11.4. The van der Waals surface area contributed by atoms with Crippen LogP contribution < -0.4 is 9.64 Å². The van der Waals surface area contributed by atoms with Gasteiger partial charge in [0.1, 0.15) is 5.75 Å². The van der Waals surface area contributed by atoms with E-state index >= 15 is 0 Å². The molecule has 1 fully saturated rings. The summed E-state index contributed by atoms with van der Waals surface area (Å²) in [5.74, 6) is 0.724. The van der Waals surface area contributed by atoms with Crippen LogP contribution in [0.2, 0.25) is 0 Å². The van der Waals surface area contributed by atoms with E-state index in [1.165, 1.54) is 23.0 Å². The first-order chi connectivity index (χ1) is 14.8. The predicted molar refractivity (Wildman–Crippen MR) is 130 cm³/mol. The Morgan fingerprint density at radius 3 is 2.13 bits per heavy atom. The number of carbonyl (C=O) groups is 1. The lowest BCUT2D eigenvalue weighted by molar-refractivity contribution is -0.113. The maximum Gasteiger partial charge on any atom is 0.286 e. The van der Waals surface area contributed by atoms with Crippen molar-refractivity contribution in [3.8, 4) is 5.75 Å². The highest BCUT2D eigenvalue weighted by Crippen LogP contribution is 2.32. The molecule has 6 heteroatoms. The lowest BCUT2D eigenvalue weighted by Crippen LogP contribution is -2.47. The Hall–Kier alpha value is -2.73. The maximum atomic E-state index is 12.5. The summed E-state index contributed by atoms with van der Waals surface area (Å²) in [6, 6.07) is 16.6. The quantitative estimate of drug-likeness (QED) is 0.649. The van der Waals surface area contributed by atoms with Crippen molar-refractivity contribution in [3.05, 3.63) is 64.6 Å². The van der Waals surface area contributed by atoms with E-state index in [-0.39, 0.29) is 11.3 Å². The number of nitrogens with zero attached hydrogens (tertiary/aromatic N) is 3. The van der Waals surface area contributed by atoms with Gasteiger partial charge in [-0.15, -0.1) is 0 Å². The van der Waals surface area contributed by atoms with Crippen molar-refractivity contribution in [2.75, 3.05) is 38.2 Å². The molecular formula is C25H29N3O2S. The molecule has 162 valence electrons. The van der Waals surface area contributed by atoms with E-state index in [2.05, 4.69) is 72.0 Å². The Morgan fingerprint density at radius 2 is 1.55 bits per heavy atom. The zero-order valence-electron chi connectivity index (χ0n) is 18.6. The number of methoxy groups -OCH3 is 1. The molecule has 0 aliphatic carbocycles. The number of hydrogen-bond donors (Lipinski definition) is 0. The molecule has 31 heavy (non-hydrogen) atoms. The maximum absolute atomic E-state index is 12.5. The molecule has 2 aromatic carbocycles. The smallest absolute Gasteiger partial charge is 0.286 e. The van der Waals surface area contributed by atoms with Crippen LogP contribution in [0.5, 0.6) is 5.75 Å². The van der Waals surface area contributed by atoms with Crippen molar-refractivity contribution in [2.24, 2.45) is 4.99 Å². The number of amides is 1. The molecule has 4 rings (SSSR count). The lowest BCUT2D eigenvalue weighted by atomic mass is 9.87. The Balaban J connectivity index is 1.37. The van der Waals surface area contributed by atoms with E-state index in [1.54, 1.807) is 7.11 Å². The van der Waals surface area contributed by atoms with Gasteiger partial charge < -0.3 is 14.5 Å². The second-order valence-corrected chi connectivity index (χ2v) is 9.86. The fraction of sp³-hybridized carbons (Fsp3) is 0.360. The molecule has 1 saturated heterocycles. The van der Waals surface area contributed by atoms with Gasteiger partial charge in [-0.25, -0.2) is 0 Å². The Bertz CT molecular complexity index is 997. The molecule has 0 bridgehead atoms. The van der Waals surface area contributed by atoms with Crippen molar-refractivity contribution in [3.63, 3.8) is 0 Å². The van der Waals surface area contributed by atoms with Gasteiger partial charge in [0, 0.05) is 31.9 Å². The first-order valence-electron chi connectivity index (χ1n) is 10.6. The molecule has 0 radical (unpaired) electrons. The number of aliphatic imine (C=N–C) groups is 1. The van der Waals surface area contributed by atoms with Crippen LogP contribution in [0.3, 0.4) is 0 Å². The second-order valence-electron chi connectivity index (χ2n) is 8.85. The summed E-state index contributed by atoms with van der Waals surface area (Å²) in [6.07, 6.45) is 1.95. The molecule has 5 nitrogen and oxygen atoms in total. The molecule has 0 spiro atoms. The average Bonchev–Trinajstić information content (AvgIpc) is 3.14. The molecule has 2 aromatic rings. The van der Waals surface area contributed by atoms with Crippen molar-refractivity contribution in [2.45, 2.75) is 26.2 Å². The van der Waals surface area contributed by atoms with Crippen LogP contribution in [0.1, 0.15) is 31.9 Å². The minimum atomic E-state index is -0.141. The van der Waals surface area contributed by atoms with Crippen molar-refractivity contribution in [1.29, 1.82) is 0 Å². The highest BCUT2D eigenvalue weighted by atomic mass is 32.2. The van der Waals surface area contributed by atoms with Crippen molar-refractivity contribution < 1.29 is 9.53 Å². The van der Waals surface area contributed by atoms with Crippen LogP contribution in [0.4, 0.5) is 5.69 Å².